The zero-order valence-electron chi connectivity index (χ0n) is 15.1. The van der Waals surface area contributed by atoms with Gasteiger partial charge in [-0.05, 0) is 17.9 Å². The van der Waals surface area contributed by atoms with Crippen molar-refractivity contribution in [2.24, 2.45) is 0 Å². The molecule has 10 heteroatoms. The topological polar surface area (TPSA) is 112 Å². The molecule has 3 aromatic rings. The van der Waals surface area contributed by atoms with Crippen molar-refractivity contribution in [3.05, 3.63) is 58.7 Å². The summed E-state index contributed by atoms with van der Waals surface area (Å²) in [5.74, 6) is -0.344. The zero-order chi connectivity index (χ0) is 19.9. The van der Waals surface area contributed by atoms with Crippen molar-refractivity contribution >= 4 is 23.2 Å². The molecule has 0 saturated heterocycles. The molecule has 9 nitrogen and oxygen atoms in total. The van der Waals surface area contributed by atoms with Gasteiger partial charge in [0.2, 0.25) is 5.89 Å². The second-order valence-electron chi connectivity index (χ2n) is 5.82. The van der Waals surface area contributed by atoms with Crippen molar-refractivity contribution in [2.45, 2.75) is 19.9 Å². The highest BCUT2D eigenvalue weighted by Crippen LogP contribution is 2.23. The maximum Gasteiger partial charge on any atom is 0.339 e. The van der Waals surface area contributed by atoms with E-state index in [0.717, 1.165) is 4.88 Å². The van der Waals surface area contributed by atoms with Gasteiger partial charge < -0.3 is 19.3 Å². The van der Waals surface area contributed by atoms with Crippen molar-refractivity contribution < 1.29 is 23.5 Å². The average Bonchev–Trinajstić information content (AvgIpc) is 3.37. The van der Waals surface area contributed by atoms with Crippen LogP contribution in [0.1, 0.15) is 29.6 Å². The number of carbonyl (C=O) groups excluding carboxylic acids is 2. The van der Waals surface area contributed by atoms with Crippen LogP contribution in [0.2, 0.25) is 0 Å². The van der Waals surface area contributed by atoms with Crippen LogP contribution in [0.5, 0.6) is 0 Å². The molecule has 0 atom stereocenters. The lowest BCUT2D eigenvalue weighted by Gasteiger charge is -2.20. The van der Waals surface area contributed by atoms with Crippen LogP contribution in [0.15, 0.2) is 46.5 Å². The van der Waals surface area contributed by atoms with Crippen LogP contribution in [-0.2, 0) is 16.1 Å². The molecule has 0 radical (unpaired) electrons. The second-order valence-corrected chi connectivity index (χ2v) is 6.76. The number of pyridine rings is 1. The first-order chi connectivity index (χ1) is 13.6. The van der Waals surface area contributed by atoms with Crippen LogP contribution >= 0.6 is 11.3 Å². The Morgan fingerprint density at radius 2 is 2.07 bits per heavy atom. The SMILES string of the molecule is CCCN(Cc1nnc(-c2cccs2)o1)C(=O)COC(=O)c1cc[n+]([O-])cc1. The molecule has 0 spiro atoms. The summed E-state index contributed by atoms with van der Waals surface area (Å²) in [4.78, 5) is 26.8. The highest BCUT2D eigenvalue weighted by atomic mass is 32.1. The zero-order valence-corrected chi connectivity index (χ0v) is 15.9. The Hall–Kier alpha value is -3.27. The first-order valence-corrected chi connectivity index (χ1v) is 9.44. The third kappa shape index (κ3) is 4.92. The number of rotatable bonds is 8. The third-order valence-electron chi connectivity index (χ3n) is 3.74. The van der Waals surface area contributed by atoms with Crippen molar-refractivity contribution in [1.82, 2.24) is 15.1 Å². The standard InChI is InChI=1S/C18H18N4O5S/c1-2-7-21(11-15-19-20-17(27-15)14-4-3-10-28-14)16(23)12-26-18(24)13-5-8-22(25)9-6-13/h3-6,8-10H,2,7,11-12H2,1H3. The molecule has 3 aromatic heterocycles. The Labute approximate surface area is 164 Å². The van der Waals surface area contributed by atoms with Crippen molar-refractivity contribution in [3.8, 4) is 10.8 Å². The van der Waals surface area contributed by atoms with Gasteiger partial charge in [0.05, 0.1) is 17.0 Å². The molecule has 3 rings (SSSR count). The number of thiophene rings is 1. The summed E-state index contributed by atoms with van der Waals surface area (Å²) in [6.45, 7) is 2.09. The van der Waals surface area contributed by atoms with Crippen LogP contribution in [-0.4, -0.2) is 40.1 Å². The number of amides is 1. The predicted octanol–water partition coefficient (Wildman–Crippen LogP) is 2.03. The summed E-state index contributed by atoms with van der Waals surface area (Å²) in [5.41, 5.74) is 0.194. The monoisotopic (exact) mass is 402 g/mol. The van der Waals surface area contributed by atoms with E-state index in [1.54, 1.807) is 0 Å². The number of ether oxygens (including phenoxy) is 1. The van der Waals surface area contributed by atoms with Crippen LogP contribution in [0.4, 0.5) is 0 Å². The second kappa shape index (κ2) is 9.09. The highest BCUT2D eigenvalue weighted by molar-refractivity contribution is 7.13. The first-order valence-electron chi connectivity index (χ1n) is 8.56. The largest absolute Gasteiger partial charge is 0.619 e. The van der Waals surface area contributed by atoms with Crippen LogP contribution < -0.4 is 4.73 Å². The Kier molecular flexibility index (Phi) is 6.33. The minimum atomic E-state index is -0.678. The van der Waals surface area contributed by atoms with Gasteiger partial charge in [-0.15, -0.1) is 21.5 Å². The van der Waals surface area contributed by atoms with E-state index in [4.69, 9.17) is 9.15 Å². The van der Waals surface area contributed by atoms with Crippen LogP contribution in [0.25, 0.3) is 10.8 Å². The van der Waals surface area contributed by atoms with Gasteiger partial charge in [0.1, 0.15) is 0 Å². The van der Waals surface area contributed by atoms with Gasteiger partial charge in [0, 0.05) is 18.7 Å². The molecule has 146 valence electrons. The average molecular weight is 402 g/mol. The Bertz CT molecular complexity index is 924. The fourth-order valence-corrected chi connectivity index (χ4v) is 3.04. The van der Waals surface area contributed by atoms with Crippen molar-refractivity contribution in [3.63, 3.8) is 0 Å². The molecule has 0 saturated carbocycles. The smallest absolute Gasteiger partial charge is 0.339 e. The van der Waals surface area contributed by atoms with Gasteiger partial charge in [0.25, 0.3) is 11.8 Å². The maximum atomic E-state index is 12.5. The molecule has 1 amide bonds. The molecule has 0 N–H and O–H groups in total. The molecule has 0 fully saturated rings. The summed E-state index contributed by atoms with van der Waals surface area (Å²) in [7, 11) is 0. The minimum Gasteiger partial charge on any atom is -0.619 e. The number of hydrogen-bond acceptors (Lipinski definition) is 8. The molecule has 3 heterocycles. The van der Waals surface area contributed by atoms with Crippen LogP contribution in [0.3, 0.4) is 0 Å². The molecule has 0 unspecified atom stereocenters. The molecule has 0 aliphatic rings. The molecule has 0 bridgehead atoms. The molecule has 28 heavy (non-hydrogen) atoms. The van der Waals surface area contributed by atoms with Gasteiger partial charge in [0.15, 0.2) is 19.0 Å². The van der Waals surface area contributed by atoms with E-state index in [2.05, 4.69) is 10.2 Å². The fraction of sp³-hybridized carbons (Fsp3) is 0.278. The summed E-state index contributed by atoms with van der Waals surface area (Å²) in [6, 6.07) is 6.41. The van der Waals surface area contributed by atoms with Gasteiger partial charge in [-0.2, -0.15) is 4.73 Å². The van der Waals surface area contributed by atoms with E-state index in [1.165, 1.54) is 40.8 Å². The van der Waals surface area contributed by atoms with E-state index >= 15 is 0 Å². The number of carbonyl (C=O) groups is 2. The Morgan fingerprint density at radius 1 is 1.29 bits per heavy atom. The molecular weight excluding hydrogens is 384 g/mol. The van der Waals surface area contributed by atoms with Gasteiger partial charge in [-0.1, -0.05) is 13.0 Å². The summed E-state index contributed by atoms with van der Waals surface area (Å²) < 4.78 is 11.2. The quantitative estimate of drug-likeness (QED) is 0.322. The number of aromatic nitrogens is 3. The summed E-state index contributed by atoms with van der Waals surface area (Å²) >= 11 is 1.48. The van der Waals surface area contributed by atoms with E-state index in [-0.39, 0.29) is 18.0 Å². The third-order valence-corrected chi connectivity index (χ3v) is 4.59. The first kappa shape index (κ1) is 19.5. The summed E-state index contributed by atoms with van der Waals surface area (Å²) in [6.07, 6.45) is 3.08. The van der Waals surface area contributed by atoms with Gasteiger partial charge in [-0.3, -0.25) is 4.79 Å². The molecule has 0 aliphatic carbocycles. The fourth-order valence-electron chi connectivity index (χ4n) is 2.39. The predicted molar refractivity (Wildman–Crippen MR) is 99.0 cm³/mol. The lowest BCUT2D eigenvalue weighted by molar-refractivity contribution is -0.605. The number of hydrogen-bond donors (Lipinski definition) is 0. The molecule has 0 aromatic carbocycles. The lowest BCUT2D eigenvalue weighted by atomic mass is 10.3. The van der Waals surface area contributed by atoms with E-state index in [0.29, 0.717) is 29.5 Å². The number of nitrogens with zero attached hydrogens (tertiary/aromatic N) is 4. The van der Waals surface area contributed by atoms with E-state index in [1.807, 2.05) is 24.4 Å². The minimum absolute atomic E-state index is 0.129. The van der Waals surface area contributed by atoms with Gasteiger partial charge >= 0.3 is 5.97 Å². The van der Waals surface area contributed by atoms with E-state index in [9.17, 15) is 14.8 Å². The normalized spacial score (nSPS) is 10.6. The Morgan fingerprint density at radius 3 is 2.75 bits per heavy atom. The summed E-state index contributed by atoms with van der Waals surface area (Å²) in [5, 5.41) is 20.9. The number of esters is 1. The van der Waals surface area contributed by atoms with E-state index < -0.39 is 12.6 Å². The van der Waals surface area contributed by atoms with Crippen molar-refractivity contribution in [2.75, 3.05) is 13.2 Å². The molecular formula is C18H18N4O5S. The maximum absolute atomic E-state index is 12.5. The van der Waals surface area contributed by atoms with Gasteiger partial charge in [-0.25, -0.2) is 4.79 Å². The molecule has 0 aliphatic heterocycles. The highest BCUT2D eigenvalue weighted by Gasteiger charge is 2.20. The lowest BCUT2D eigenvalue weighted by Crippen LogP contribution is -2.35. The Balaban J connectivity index is 1.59. The van der Waals surface area contributed by atoms with Crippen LogP contribution in [0, 0.1) is 5.21 Å². The van der Waals surface area contributed by atoms with Crippen molar-refractivity contribution in [1.29, 1.82) is 0 Å².